The first kappa shape index (κ1) is 17.7. The molecule has 21 heavy (non-hydrogen) atoms. The largest absolute Gasteiger partial charge is 0.299 e. The van der Waals surface area contributed by atoms with Crippen molar-refractivity contribution in [3.8, 4) is 6.07 Å². The van der Waals surface area contributed by atoms with Crippen LogP contribution in [-0.4, -0.2) is 18.0 Å². The van der Waals surface area contributed by atoms with Gasteiger partial charge in [-0.3, -0.25) is 4.90 Å². The average molecular weight is 290 g/mol. The van der Waals surface area contributed by atoms with E-state index in [1.807, 2.05) is 6.07 Å². The van der Waals surface area contributed by atoms with Gasteiger partial charge in [-0.05, 0) is 49.9 Å². The van der Waals surface area contributed by atoms with Crippen molar-refractivity contribution >= 4 is 0 Å². The SMILES string of the molecule is CC(C)CCN(CCC(C)C)Cc1ccc(C#N)cc1F. The summed E-state index contributed by atoms with van der Waals surface area (Å²) in [7, 11) is 0. The van der Waals surface area contributed by atoms with Crippen molar-refractivity contribution in [2.45, 2.75) is 47.1 Å². The van der Waals surface area contributed by atoms with Crippen molar-refractivity contribution in [1.82, 2.24) is 4.90 Å². The maximum Gasteiger partial charge on any atom is 0.129 e. The normalized spacial score (nSPS) is 11.4. The molecule has 1 aromatic rings. The third-order valence-electron chi connectivity index (χ3n) is 3.62. The van der Waals surface area contributed by atoms with E-state index in [0.717, 1.165) is 25.9 Å². The Kier molecular flexibility index (Phi) is 7.39. The van der Waals surface area contributed by atoms with Crippen molar-refractivity contribution in [2.24, 2.45) is 11.8 Å². The zero-order valence-electron chi connectivity index (χ0n) is 13.7. The van der Waals surface area contributed by atoms with Crippen LogP contribution in [0.2, 0.25) is 0 Å². The van der Waals surface area contributed by atoms with Crippen LogP contribution in [0.3, 0.4) is 0 Å². The van der Waals surface area contributed by atoms with E-state index in [0.29, 0.717) is 29.5 Å². The lowest BCUT2D eigenvalue weighted by Crippen LogP contribution is -2.27. The Morgan fingerprint density at radius 3 is 2.10 bits per heavy atom. The van der Waals surface area contributed by atoms with E-state index >= 15 is 0 Å². The molecule has 0 aromatic heterocycles. The summed E-state index contributed by atoms with van der Waals surface area (Å²) in [5.74, 6) is 1.03. The molecule has 0 amide bonds. The van der Waals surface area contributed by atoms with Gasteiger partial charge in [0.15, 0.2) is 0 Å². The predicted octanol–water partition coefficient (Wildman–Crippen LogP) is 4.59. The maximum absolute atomic E-state index is 14.0. The van der Waals surface area contributed by atoms with Crippen LogP contribution in [0.4, 0.5) is 4.39 Å². The van der Waals surface area contributed by atoms with Gasteiger partial charge in [0.2, 0.25) is 0 Å². The first-order chi connectivity index (χ1) is 9.92. The zero-order chi connectivity index (χ0) is 15.8. The number of rotatable bonds is 8. The lowest BCUT2D eigenvalue weighted by molar-refractivity contribution is 0.233. The molecule has 0 spiro atoms. The van der Waals surface area contributed by atoms with E-state index in [4.69, 9.17) is 5.26 Å². The van der Waals surface area contributed by atoms with E-state index in [2.05, 4.69) is 32.6 Å². The molecule has 0 N–H and O–H groups in total. The van der Waals surface area contributed by atoms with Crippen molar-refractivity contribution in [3.63, 3.8) is 0 Å². The maximum atomic E-state index is 14.0. The molecule has 1 aromatic carbocycles. The van der Waals surface area contributed by atoms with Crippen LogP contribution in [-0.2, 0) is 6.54 Å². The van der Waals surface area contributed by atoms with Crippen molar-refractivity contribution in [1.29, 1.82) is 5.26 Å². The highest BCUT2D eigenvalue weighted by molar-refractivity contribution is 5.32. The highest BCUT2D eigenvalue weighted by atomic mass is 19.1. The molecular weight excluding hydrogens is 263 g/mol. The Labute approximate surface area is 128 Å². The molecule has 0 aliphatic heterocycles. The summed E-state index contributed by atoms with van der Waals surface area (Å²) in [6, 6.07) is 6.74. The summed E-state index contributed by atoms with van der Waals surface area (Å²) in [5, 5.41) is 8.80. The molecule has 0 unspecified atom stereocenters. The fraction of sp³-hybridized carbons (Fsp3) is 0.611. The molecule has 0 aliphatic rings. The minimum Gasteiger partial charge on any atom is -0.299 e. The van der Waals surface area contributed by atoms with Gasteiger partial charge in [0.1, 0.15) is 5.82 Å². The second kappa shape index (κ2) is 8.79. The summed E-state index contributed by atoms with van der Waals surface area (Å²) >= 11 is 0. The van der Waals surface area contributed by atoms with Crippen molar-refractivity contribution in [2.75, 3.05) is 13.1 Å². The van der Waals surface area contributed by atoms with Gasteiger partial charge in [-0.25, -0.2) is 4.39 Å². The monoisotopic (exact) mass is 290 g/mol. The fourth-order valence-corrected chi connectivity index (χ4v) is 2.14. The van der Waals surface area contributed by atoms with Gasteiger partial charge in [0, 0.05) is 12.1 Å². The zero-order valence-corrected chi connectivity index (χ0v) is 13.7. The Morgan fingerprint density at radius 2 is 1.67 bits per heavy atom. The predicted molar refractivity (Wildman–Crippen MR) is 85.3 cm³/mol. The summed E-state index contributed by atoms with van der Waals surface area (Å²) < 4.78 is 14.0. The van der Waals surface area contributed by atoms with Crippen molar-refractivity contribution in [3.05, 3.63) is 35.1 Å². The van der Waals surface area contributed by atoms with E-state index in [9.17, 15) is 4.39 Å². The van der Waals surface area contributed by atoms with E-state index in [-0.39, 0.29) is 5.82 Å². The minimum atomic E-state index is -0.270. The number of halogens is 1. The first-order valence-corrected chi connectivity index (χ1v) is 7.83. The number of nitriles is 1. The number of nitrogens with zero attached hydrogens (tertiary/aromatic N) is 2. The number of hydrogen-bond acceptors (Lipinski definition) is 2. The van der Waals surface area contributed by atoms with E-state index < -0.39 is 0 Å². The lowest BCUT2D eigenvalue weighted by Gasteiger charge is -2.24. The molecule has 0 fully saturated rings. The summed E-state index contributed by atoms with van der Waals surface area (Å²) in [6.45, 7) is 11.4. The Balaban J connectivity index is 2.72. The van der Waals surface area contributed by atoms with Gasteiger partial charge >= 0.3 is 0 Å². The Morgan fingerprint density at radius 1 is 1.10 bits per heavy atom. The molecule has 0 saturated heterocycles. The van der Waals surface area contributed by atoms with Gasteiger partial charge in [-0.2, -0.15) is 5.26 Å². The van der Waals surface area contributed by atoms with Gasteiger partial charge in [-0.15, -0.1) is 0 Å². The molecule has 0 atom stereocenters. The molecule has 0 bridgehead atoms. The highest BCUT2D eigenvalue weighted by Crippen LogP contribution is 2.15. The summed E-state index contributed by atoms with van der Waals surface area (Å²) in [6.07, 6.45) is 2.24. The van der Waals surface area contributed by atoms with Crippen LogP contribution in [0, 0.1) is 29.0 Å². The smallest absolute Gasteiger partial charge is 0.129 e. The summed E-state index contributed by atoms with van der Waals surface area (Å²) in [4.78, 5) is 2.32. The quantitative estimate of drug-likeness (QED) is 0.700. The third kappa shape index (κ3) is 6.73. The molecule has 3 heteroatoms. The molecule has 0 radical (unpaired) electrons. The second-order valence-electron chi connectivity index (χ2n) is 6.56. The van der Waals surface area contributed by atoms with Crippen LogP contribution in [0.15, 0.2) is 18.2 Å². The first-order valence-electron chi connectivity index (χ1n) is 7.83. The topological polar surface area (TPSA) is 27.0 Å². The second-order valence-corrected chi connectivity index (χ2v) is 6.56. The Bertz CT molecular complexity index is 463. The third-order valence-corrected chi connectivity index (χ3v) is 3.62. The van der Waals surface area contributed by atoms with Crippen LogP contribution in [0.1, 0.15) is 51.7 Å². The van der Waals surface area contributed by atoms with Gasteiger partial charge in [-0.1, -0.05) is 33.8 Å². The molecule has 0 saturated carbocycles. The van der Waals surface area contributed by atoms with E-state index in [1.165, 1.54) is 6.07 Å². The number of hydrogen-bond donors (Lipinski definition) is 0. The van der Waals surface area contributed by atoms with Gasteiger partial charge in [0.05, 0.1) is 11.6 Å². The lowest BCUT2D eigenvalue weighted by atomic mass is 10.1. The van der Waals surface area contributed by atoms with Gasteiger partial charge in [0.25, 0.3) is 0 Å². The molecule has 1 rings (SSSR count). The summed E-state index contributed by atoms with van der Waals surface area (Å²) in [5.41, 5.74) is 1.06. The fourth-order valence-electron chi connectivity index (χ4n) is 2.14. The molecule has 2 nitrogen and oxygen atoms in total. The molecule has 0 heterocycles. The standard InChI is InChI=1S/C18H27FN2/c1-14(2)7-9-21(10-8-15(3)4)13-17-6-5-16(12-20)11-18(17)19/h5-6,11,14-15H,7-10,13H2,1-4H3. The highest BCUT2D eigenvalue weighted by Gasteiger charge is 2.11. The molecule has 0 aliphatic carbocycles. The molecular formula is C18H27FN2. The van der Waals surface area contributed by atoms with Crippen LogP contribution >= 0.6 is 0 Å². The van der Waals surface area contributed by atoms with Crippen LogP contribution in [0.5, 0.6) is 0 Å². The number of benzene rings is 1. The minimum absolute atomic E-state index is 0.270. The van der Waals surface area contributed by atoms with Gasteiger partial charge < -0.3 is 0 Å². The van der Waals surface area contributed by atoms with E-state index in [1.54, 1.807) is 12.1 Å². The Hall–Kier alpha value is -1.40. The van der Waals surface area contributed by atoms with Crippen molar-refractivity contribution < 1.29 is 4.39 Å². The van der Waals surface area contributed by atoms with Crippen LogP contribution in [0.25, 0.3) is 0 Å². The average Bonchev–Trinajstić information content (AvgIpc) is 2.43. The molecule has 116 valence electrons. The van der Waals surface area contributed by atoms with Crippen LogP contribution < -0.4 is 0 Å².